The van der Waals surface area contributed by atoms with Gasteiger partial charge in [-0.3, -0.25) is 9.59 Å². The molecule has 20 heavy (non-hydrogen) atoms. The van der Waals surface area contributed by atoms with Crippen molar-refractivity contribution in [1.29, 1.82) is 0 Å². The number of rotatable bonds is 5. The zero-order chi connectivity index (χ0) is 15.3. The summed E-state index contributed by atoms with van der Waals surface area (Å²) in [5, 5.41) is 4.55. The van der Waals surface area contributed by atoms with E-state index in [0.29, 0.717) is 6.54 Å². The number of amides is 2. The van der Waals surface area contributed by atoms with Gasteiger partial charge in [0.2, 0.25) is 5.91 Å². The number of hydrogen-bond acceptors (Lipinski definition) is 2. The summed E-state index contributed by atoms with van der Waals surface area (Å²) in [6, 6.07) is 1.74. The van der Waals surface area contributed by atoms with Gasteiger partial charge in [-0.25, -0.2) is 8.78 Å². The van der Waals surface area contributed by atoms with Gasteiger partial charge in [-0.15, -0.1) is 0 Å². The minimum Gasteiger partial charge on any atom is -0.352 e. The maximum atomic E-state index is 13.7. The molecule has 1 rings (SSSR count). The van der Waals surface area contributed by atoms with Crippen LogP contribution in [0, 0.1) is 17.6 Å². The smallest absolute Gasteiger partial charge is 0.251 e. The van der Waals surface area contributed by atoms with Crippen LogP contribution in [0.15, 0.2) is 24.8 Å². The van der Waals surface area contributed by atoms with Gasteiger partial charge in [0.1, 0.15) is 5.69 Å². The summed E-state index contributed by atoms with van der Waals surface area (Å²) in [6.07, 6.45) is 0.891. The molecular formula is C14H16F2N2O2. The van der Waals surface area contributed by atoms with Gasteiger partial charge in [0.15, 0.2) is 11.6 Å². The van der Waals surface area contributed by atoms with Crippen LogP contribution >= 0.6 is 0 Å². The van der Waals surface area contributed by atoms with Crippen LogP contribution in [0.25, 0.3) is 0 Å². The highest BCUT2D eigenvalue weighted by Crippen LogP contribution is 2.21. The second-order valence-corrected chi connectivity index (χ2v) is 4.61. The second kappa shape index (κ2) is 6.79. The van der Waals surface area contributed by atoms with Crippen molar-refractivity contribution in [2.75, 3.05) is 11.9 Å². The number of halogens is 2. The zero-order valence-electron chi connectivity index (χ0n) is 11.3. The third kappa shape index (κ3) is 4.15. The Kier molecular flexibility index (Phi) is 5.37. The molecule has 0 radical (unpaired) electrons. The van der Waals surface area contributed by atoms with Crippen molar-refractivity contribution in [2.45, 2.75) is 13.8 Å². The van der Waals surface area contributed by atoms with Gasteiger partial charge < -0.3 is 10.6 Å². The lowest BCUT2D eigenvalue weighted by Crippen LogP contribution is -2.27. The number of nitrogens with one attached hydrogen (secondary N) is 2. The number of hydrogen-bond donors (Lipinski definition) is 2. The van der Waals surface area contributed by atoms with Gasteiger partial charge in [-0.1, -0.05) is 20.4 Å². The van der Waals surface area contributed by atoms with E-state index in [0.717, 1.165) is 18.2 Å². The summed E-state index contributed by atoms with van der Waals surface area (Å²) in [5.41, 5.74) is -0.743. The second-order valence-electron chi connectivity index (χ2n) is 4.61. The van der Waals surface area contributed by atoms with Gasteiger partial charge in [0, 0.05) is 12.1 Å². The fourth-order valence-corrected chi connectivity index (χ4v) is 1.40. The van der Waals surface area contributed by atoms with Crippen LogP contribution < -0.4 is 10.6 Å². The van der Waals surface area contributed by atoms with Gasteiger partial charge in [-0.2, -0.15) is 0 Å². The van der Waals surface area contributed by atoms with Crippen LogP contribution in [0.3, 0.4) is 0 Å². The zero-order valence-corrected chi connectivity index (χ0v) is 11.3. The maximum absolute atomic E-state index is 13.7. The van der Waals surface area contributed by atoms with Crippen LogP contribution in [0.5, 0.6) is 0 Å². The average molecular weight is 282 g/mol. The molecule has 1 aromatic carbocycles. The van der Waals surface area contributed by atoms with Crippen LogP contribution in [-0.4, -0.2) is 18.4 Å². The van der Waals surface area contributed by atoms with Gasteiger partial charge >= 0.3 is 0 Å². The first-order chi connectivity index (χ1) is 9.35. The predicted octanol–water partition coefficient (Wildman–Crippen LogP) is 2.48. The molecule has 0 fully saturated rings. The Morgan fingerprint density at radius 2 is 1.85 bits per heavy atom. The summed E-state index contributed by atoms with van der Waals surface area (Å²) in [7, 11) is 0. The first kappa shape index (κ1) is 15.8. The highest BCUT2D eigenvalue weighted by molar-refractivity contribution is 6.00. The molecule has 0 aliphatic rings. The van der Waals surface area contributed by atoms with Gasteiger partial charge in [0.25, 0.3) is 5.91 Å². The topological polar surface area (TPSA) is 58.2 Å². The van der Waals surface area contributed by atoms with Gasteiger partial charge in [-0.05, 0) is 24.1 Å². The average Bonchev–Trinajstić information content (AvgIpc) is 2.39. The highest BCUT2D eigenvalue weighted by atomic mass is 19.1. The predicted molar refractivity (Wildman–Crippen MR) is 72.4 cm³/mol. The van der Waals surface area contributed by atoms with Gasteiger partial charge in [0.05, 0.1) is 0 Å². The lowest BCUT2D eigenvalue weighted by molar-refractivity contribution is -0.111. The molecule has 1 aromatic rings. The molecule has 0 saturated carbocycles. The molecule has 108 valence electrons. The van der Waals surface area contributed by atoms with E-state index in [2.05, 4.69) is 11.9 Å². The van der Waals surface area contributed by atoms with Crippen LogP contribution in [0.4, 0.5) is 14.5 Å². The Bertz CT molecular complexity index is 519. The monoisotopic (exact) mass is 282 g/mol. The van der Waals surface area contributed by atoms with Crippen molar-refractivity contribution in [3.8, 4) is 0 Å². The van der Waals surface area contributed by atoms with E-state index in [4.69, 9.17) is 0 Å². The number of benzene rings is 1. The molecule has 0 heterocycles. The summed E-state index contributed by atoms with van der Waals surface area (Å²) >= 11 is 0. The molecule has 0 aliphatic carbocycles. The van der Waals surface area contributed by atoms with Crippen molar-refractivity contribution in [3.05, 3.63) is 42.0 Å². The summed E-state index contributed by atoms with van der Waals surface area (Å²) in [4.78, 5) is 22.7. The Morgan fingerprint density at radius 3 is 2.30 bits per heavy atom. The van der Waals surface area contributed by atoms with E-state index >= 15 is 0 Å². The Hall–Kier alpha value is -2.24. The molecular weight excluding hydrogens is 266 g/mol. The van der Waals surface area contributed by atoms with Crippen LogP contribution in [0.2, 0.25) is 0 Å². The Balaban J connectivity index is 2.95. The summed E-state index contributed by atoms with van der Waals surface area (Å²) in [5.74, 6) is -3.12. The molecule has 2 N–H and O–H groups in total. The molecule has 0 aliphatic heterocycles. The molecule has 0 spiro atoms. The molecule has 2 amide bonds. The molecule has 0 unspecified atom stereocenters. The van der Waals surface area contributed by atoms with Crippen molar-refractivity contribution in [1.82, 2.24) is 5.32 Å². The number of anilines is 1. The van der Waals surface area contributed by atoms with E-state index in [1.54, 1.807) is 0 Å². The molecule has 0 atom stereocenters. The molecule has 0 aromatic heterocycles. The van der Waals surface area contributed by atoms with Crippen molar-refractivity contribution < 1.29 is 18.4 Å². The van der Waals surface area contributed by atoms with E-state index in [-0.39, 0.29) is 11.5 Å². The fraction of sp³-hybridized carbons (Fsp3) is 0.286. The lowest BCUT2D eigenvalue weighted by Gasteiger charge is -2.10. The quantitative estimate of drug-likeness (QED) is 0.815. The van der Waals surface area contributed by atoms with Crippen LogP contribution in [-0.2, 0) is 4.79 Å². The minimum atomic E-state index is -1.02. The third-order valence-corrected chi connectivity index (χ3v) is 2.41. The normalized spacial score (nSPS) is 10.2. The lowest BCUT2D eigenvalue weighted by atomic mass is 10.1. The summed E-state index contributed by atoms with van der Waals surface area (Å²) < 4.78 is 27.4. The largest absolute Gasteiger partial charge is 0.352 e. The Labute approximate surface area is 115 Å². The van der Waals surface area contributed by atoms with E-state index < -0.39 is 29.1 Å². The Morgan fingerprint density at radius 1 is 1.30 bits per heavy atom. The van der Waals surface area contributed by atoms with Crippen molar-refractivity contribution in [2.24, 2.45) is 5.92 Å². The highest BCUT2D eigenvalue weighted by Gasteiger charge is 2.16. The number of carbonyl (C=O) groups is 2. The molecule has 6 heteroatoms. The fourth-order valence-electron chi connectivity index (χ4n) is 1.40. The molecule has 0 bridgehead atoms. The standard InChI is InChI=1S/C14H16F2N2O2/c1-4-12(19)18-13-10(15)5-9(6-11(13)16)14(20)17-7-8(2)3/h4-6,8H,1,7H2,2-3H3,(H,17,20)(H,18,19). The maximum Gasteiger partial charge on any atom is 0.251 e. The van der Waals surface area contributed by atoms with E-state index in [9.17, 15) is 18.4 Å². The molecule has 0 saturated heterocycles. The van der Waals surface area contributed by atoms with Crippen molar-refractivity contribution >= 4 is 17.5 Å². The number of carbonyl (C=O) groups excluding carboxylic acids is 2. The van der Waals surface area contributed by atoms with E-state index in [1.807, 2.05) is 19.2 Å². The minimum absolute atomic E-state index is 0.141. The summed E-state index contributed by atoms with van der Waals surface area (Å²) in [6.45, 7) is 7.38. The van der Waals surface area contributed by atoms with E-state index in [1.165, 1.54) is 0 Å². The van der Waals surface area contributed by atoms with Crippen LogP contribution in [0.1, 0.15) is 24.2 Å². The third-order valence-electron chi connectivity index (χ3n) is 2.41. The first-order valence-corrected chi connectivity index (χ1v) is 6.05. The SMILES string of the molecule is C=CC(=O)Nc1c(F)cc(C(=O)NCC(C)C)cc1F. The molecule has 4 nitrogen and oxygen atoms in total. The first-order valence-electron chi connectivity index (χ1n) is 6.05. The van der Waals surface area contributed by atoms with Crippen molar-refractivity contribution in [3.63, 3.8) is 0 Å².